The molecule has 144 valence electrons. The molecule has 1 aromatic carbocycles. The van der Waals surface area contributed by atoms with Crippen molar-refractivity contribution in [1.82, 2.24) is 10.6 Å². The van der Waals surface area contributed by atoms with Crippen LogP contribution in [0.15, 0.2) is 46.3 Å². The number of benzene rings is 1. The number of aliphatic imine (C=N–C) groups is 1. The number of sulfone groups is 1. The van der Waals surface area contributed by atoms with Crippen molar-refractivity contribution in [1.29, 1.82) is 0 Å². The minimum absolute atomic E-state index is 0. The average Bonchev–Trinajstić information content (AvgIpc) is 2.98. The number of halogens is 2. The number of guanidine groups is 1. The Morgan fingerprint density at radius 3 is 2.19 bits per heavy atom. The smallest absolute Gasteiger partial charge is 0.190 e. The maximum atomic E-state index is 11.4. The number of thiophene rings is 1. The molecule has 0 bridgehead atoms. The molecule has 0 saturated carbocycles. The fraction of sp³-hybridized carbons (Fsp3) is 0.353. The first kappa shape index (κ1) is 23.2. The highest BCUT2D eigenvalue weighted by atomic mass is 127. The predicted octanol–water partition coefficient (Wildman–Crippen LogP) is 3.37. The third kappa shape index (κ3) is 7.81. The number of rotatable bonds is 7. The molecule has 5 nitrogen and oxygen atoms in total. The molecule has 0 fully saturated rings. The van der Waals surface area contributed by atoms with E-state index < -0.39 is 9.84 Å². The van der Waals surface area contributed by atoms with Crippen molar-refractivity contribution in [3.05, 3.63) is 51.2 Å². The number of hydrogen-bond donors (Lipinski definition) is 2. The summed E-state index contributed by atoms with van der Waals surface area (Å²) in [6, 6.07) is 10.9. The Balaban J connectivity index is 0.00000338. The second-order valence-corrected chi connectivity index (χ2v) is 9.36. The lowest BCUT2D eigenvalue weighted by molar-refractivity contribution is 0.602. The molecule has 0 saturated heterocycles. The van der Waals surface area contributed by atoms with Crippen LogP contribution in [0.2, 0.25) is 4.34 Å². The molecular formula is C17H23ClIN3O2S2. The fourth-order valence-corrected chi connectivity index (χ4v) is 3.96. The molecule has 0 amide bonds. The van der Waals surface area contributed by atoms with Crippen LogP contribution >= 0.6 is 46.9 Å². The van der Waals surface area contributed by atoms with E-state index in [1.165, 1.54) is 11.1 Å². The monoisotopic (exact) mass is 527 g/mol. The van der Waals surface area contributed by atoms with Crippen molar-refractivity contribution >= 4 is 62.7 Å². The maximum absolute atomic E-state index is 11.4. The van der Waals surface area contributed by atoms with E-state index in [2.05, 4.69) is 15.6 Å². The summed E-state index contributed by atoms with van der Waals surface area (Å²) in [5.41, 5.74) is 1.07. The Kier molecular flexibility index (Phi) is 9.91. The zero-order valence-corrected chi connectivity index (χ0v) is 19.4. The normalized spacial score (nSPS) is 11.7. The molecule has 2 aromatic rings. The van der Waals surface area contributed by atoms with Crippen LogP contribution in [0.3, 0.4) is 0 Å². The van der Waals surface area contributed by atoms with Crippen LogP contribution in [0, 0.1) is 0 Å². The van der Waals surface area contributed by atoms with E-state index in [9.17, 15) is 8.42 Å². The van der Waals surface area contributed by atoms with E-state index in [4.69, 9.17) is 11.6 Å². The van der Waals surface area contributed by atoms with Gasteiger partial charge in [-0.25, -0.2) is 8.42 Å². The first-order chi connectivity index (χ1) is 11.9. The standard InChI is InChI=1S/C17H22ClN3O2S2.HI/c1-19-17(21-12-10-14-5-8-16(18)24-14)20-11-9-13-3-6-15(7-4-13)25(2,22)23;/h3-8H,9-12H2,1-2H3,(H2,19,20,21);1H. The summed E-state index contributed by atoms with van der Waals surface area (Å²) >= 11 is 7.51. The molecule has 0 unspecified atom stereocenters. The van der Waals surface area contributed by atoms with Crippen LogP contribution in [0.1, 0.15) is 10.4 Å². The summed E-state index contributed by atoms with van der Waals surface area (Å²) in [4.78, 5) is 5.77. The van der Waals surface area contributed by atoms with Crippen molar-refractivity contribution in [3.8, 4) is 0 Å². The van der Waals surface area contributed by atoms with Gasteiger partial charge >= 0.3 is 0 Å². The summed E-state index contributed by atoms with van der Waals surface area (Å²) in [5.74, 6) is 0.746. The molecule has 0 aliphatic rings. The largest absolute Gasteiger partial charge is 0.356 e. The molecule has 1 heterocycles. The van der Waals surface area contributed by atoms with Crippen LogP contribution in [0.25, 0.3) is 0 Å². The molecule has 0 aliphatic carbocycles. The highest BCUT2D eigenvalue weighted by Crippen LogP contribution is 2.21. The van der Waals surface area contributed by atoms with Crippen molar-refractivity contribution < 1.29 is 8.42 Å². The molecule has 2 N–H and O–H groups in total. The van der Waals surface area contributed by atoms with Gasteiger partial charge in [-0.1, -0.05) is 23.7 Å². The Morgan fingerprint density at radius 2 is 1.69 bits per heavy atom. The van der Waals surface area contributed by atoms with Gasteiger partial charge in [-0.15, -0.1) is 35.3 Å². The second-order valence-electron chi connectivity index (χ2n) is 5.55. The van der Waals surface area contributed by atoms with Gasteiger partial charge in [0.1, 0.15) is 0 Å². The predicted molar refractivity (Wildman–Crippen MR) is 121 cm³/mol. The quantitative estimate of drug-likeness (QED) is 0.329. The van der Waals surface area contributed by atoms with Gasteiger partial charge in [-0.3, -0.25) is 4.99 Å². The summed E-state index contributed by atoms with van der Waals surface area (Å²) < 4.78 is 23.7. The van der Waals surface area contributed by atoms with E-state index >= 15 is 0 Å². The maximum Gasteiger partial charge on any atom is 0.190 e. The molecule has 0 spiro atoms. The van der Waals surface area contributed by atoms with Crippen LogP contribution in [-0.4, -0.2) is 40.8 Å². The molecule has 1 aromatic heterocycles. The van der Waals surface area contributed by atoms with Crippen LogP contribution in [-0.2, 0) is 22.7 Å². The summed E-state index contributed by atoms with van der Waals surface area (Å²) in [6.07, 6.45) is 2.89. The number of hydrogen-bond acceptors (Lipinski definition) is 4. The lowest BCUT2D eigenvalue weighted by Gasteiger charge is -2.11. The SMILES string of the molecule is CN=C(NCCc1ccc(S(C)(=O)=O)cc1)NCCc1ccc(Cl)s1.I. The third-order valence-electron chi connectivity index (χ3n) is 3.57. The van der Waals surface area contributed by atoms with E-state index in [1.54, 1.807) is 30.5 Å². The lowest BCUT2D eigenvalue weighted by Crippen LogP contribution is -2.39. The van der Waals surface area contributed by atoms with E-state index in [0.29, 0.717) is 11.4 Å². The van der Waals surface area contributed by atoms with Crippen molar-refractivity contribution in [2.75, 3.05) is 26.4 Å². The second kappa shape index (κ2) is 11.1. The highest BCUT2D eigenvalue weighted by molar-refractivity contribution is 14.0. The molecule has 2 rings (SSSR count). The van der Waals surface area contributed by atoms with Crippen molar-refractivity contribution in [2.45, 2.75) is 17.7 Å². The van der Waals surface area contributed by atoms with Crippen molar-refractivity contribution in [3.63, 3.8) is 0 Å². The molecule has 0 atom stereocenters. The molecule has 26 heavy (non-hydrogen) atoms. The molecule has 0 aliphatic heterocycles. The van der Waals surface area contributed by atoms with Gasteiger partial charge in [0.15, 0.2) is 15.8 Å². The van der Waals surface area contributed by atoms with E-state index in [0.717, 1.165) is 35.2 Å². The average molecular weight is 528 g/mol. The summed E-state index contributed by atoms with van der Waals surface area (Å²) in [7, 11) is -1.41. The van der Waals surface area contributed by atoms with Crippen LogP contribution < -0.4 is 10.6 Å². The third-order valence-corrected chi connectivity index (χ3v) is 5.99. The first-order valence-corrected chi connectivity index (χ1v) is 10.9. The molecule has 9 heteroatoms. The number of nitrogens with zero attached hydrogens (tertiary/aromatic N) is 1. The van der Waals surface area contributed by atoms with Crippen molar-refractivity contribution in [2.24, 2.45) is 4.99 Å². The van der Waals surface area contributed by atoms with Gasteiger partial charge < -0.3 is 10.6 Å². The zero-order chi connectivity index (χ0) is 18.3. The minimum Gasteiger partial charge on any atom is -0.356 e. The molecular weight excluding hydrogens is 505 g/mol. The Morgan fingerprint density at radius 1 is 1.08 bits per heavy atom. The van der Waals surface area contributed by atoms with Gasteiger partial charge in [-0.2, -0.15) is 0 Å². The summed E-state index contributed by atoms with van der Waals surface area (Å²) in [5, 5.41) is 6.52. The Hall–Kier alpha value is -0.840. The van der Waals surface area contributed by atoms with E-state index in [1.807, 2.05) is 24.3 Å². The van der Waals surface area contributed by atoms with E-state index in [-0.39, 0.29) is 24.0 Å². The highest BCUT2D eigenvalue weighted by Gasteiger charge is 2.06. The Bertz CT molecular complexity index is 821. The fourth-order valence-electron chi connectivity index (χ4n) is 2.24. The van der Waals surface area contributed by atoms with Gasteiger partial charge in [-0.05, 0) is 42.7 Å². The topological polar surface area (TPSA) is 70.6 Å². The minimum atomic E-state index is -3.14. The zero-order valence-electron chi connectivity index (χ0n) is 14.7. The Labute approximate surface area is 181 Å². The summed E-state index contributed by atoms with van der Waals surface area (Å²) in [6.45, 7) is 1.49. The van der Waals surface area contributed by atoms with Gasteiger partial charge in [0.05, 0.1) is 9.23 Å². The first-order valence-electron chi connectivity index (χ1n) is 7.86. The van der Waals surface area contributed by atoms with Crippen LogP contribution in [0.4, 0.5) is 0 Å². The van der Waals surface area contributed by atoms with Crippen LogP contribution in [0.5, 0.6) is 0 Å². The molecule has 0 radical (unpaired) electrons. The van der Waals surface area contributed by atoms with Gasteiger partial charge in [0.2, 0.25) is 0 Å². The van der Waals surface area contributed by atoms with Gasteiger partial charge in [0.25, 0.3) is 0 Å². The lowest BCUT2D eigenvalue weighted by atomic mass is 10.1. The van der Waals surface area contributed by atoms with Gasteiger partial charge in [0, 0.05) is 31.3 Å². The number of nitrogens with one attached hydrogen (secondary N) is 2.